The third-order valence-corrected chi connectivity index (χ3v) is 6.67. The van der Waals surface area contributed by atoms with Crippen molar-refractivity contribution in [1.82, 2.24) is 5.32 Å². The van der Waals surface area contributed by atoms with Crippen LogP contribution >= 0.6 is 0 Å². The molecule has 27 heavy (non-hydrogen) atoms. The zero-order valence-corrected chi connectivity index (χ0v) is 15.9. The number of benzene rings is 1. The topological polar surface area (TPSA) is 51.5 Å². The van der Waals surface area contributed by atoms with E-state index in [9.17, 15) is 4.79 Å². The second kappa shape index (κ2) is 6.43. The van der Waals surface area contributed by atoms with Crippen molar-refractivity contribution in [2.24, 2.45) is 17.8 Å². The van der Waals surface area contributed by atoms with Crippen LogP contribution in [0, 0.1) is 24.7 Å². The van der Waals surface area contributed by atoms with Crippen LogP contribution in [0.1, 0.15) is 60.4 Å². The number of hydrogen-bond donors (Lipinski definition) is 1. The molecule has 142 valence electrons. The Hall–Kier alpha value is -2.23. The van der Waals surface area contributed by atoms with E-state index in [1.54, 1.807) is 6.07 Å². The van der Waals surface area contributed by atoms with Crippen LogP contribution in [-0.4, -0.2) is 11.4 Å². The smallest absolute Gasteiger partial charge is 0.287 e. The number of amides is 1. The average molecular weight is 365 g/mol. The first-order valence-corrected chi connectivity index (χ1v) is 10.2. The SMILES string of the molecule is Cc1cccc(OCc2ccc(C(=O)NC34CC5CC(CC(C5)C3)C4)o2)c1. The second-order valence-corrected chi connectivity index (χ2v) is 9.02. The van der Waals surface area contributed by atoms with Gasteiger partial charge in [-0.15, -0.1) is 0 Å². The highest BCUT2D eigenvalue weighted by Crippen LogP contribution is 2.55. The fraction of sp³-hybridized carbons (Fsp3) is 0.522. The minimum absolute atomic E-state index is 0.0108. The van der Waals surface area contributed by atoms with Crippen LogP contribution in [-0.2, 0) is 6.61 Å². The van der Waals surface area contributed by atoms with E-state index in [0.29, 0.717) is 18.1 Å². The van der Waals surface area contributed by atoms with E-state index < -0.39 is 0 Å². The highest BCUT2D eigenvalue weighted by molar-refractivity contribution is 5.92. The summed E-state index contributed by atoms with van der Waals surface area (Å²) in [6, 6.07) is 11.5. The van der Waals surface area contributed by atoms with Crippen molar-refractivity contribution in [3.8, 4) is 5.75 Å². The van der Waals surface area contributed by atoms with E-state index >= 15 is 0 Å². The van der Waals surface area contributed by atoms with Gasteiger partial charge in [-0.2, -0.15) is 0 Å². The predicted octanol–water partition coefficient (Wildman–Crippen LogP) is 4.87. The molecule has 0 atom stereocenters. The summed E-state index contributed by atoms with van der Waals surface area (Å²) in [5.41, 5.74) is 1.17. The Morgan fingerprint density at radius 1 is 1.11 bits per heavy atom. The van der Waals surface area contributed by atoms with E-state index in [-0.39, 0.29) is 11.4 Å². The lowest BCUT2D eigenvalue weighted by Crippen LogP contribution is -2.59. The monoisotopic (exact) mass is 365 g/mol. The molecule has 0 spiro atoms. The van der Waals surface area contributed by atoms with Crippen molar-refractivity contribution in [2.45, 2.75) is 57.6 Å². The minimum Gasteiger partial charge on any atom is -0.486 e. The number of nitrogens with one attached hydrogen (secondary N) is 1. The summed E-state index contributed by atoms with van der Waals surface area (Å²) >= 11 is 0. The molecule has 0 saturated heterocycles. The van der Waals surface area contributed by atoms with Gasteiger partial charge in [0.1, 0.15) is 18.1 Å². The molecule has 4 bridgehead atoms. The lowest BCUT2D eigenvalue weighted by molar-refractivity contribution is -0.0171. The molecule has 2 aromatic rings. The summed E-state index contributed by atoms with van der Waals surface area (Å²) < 4.78 is 11.5. The van der Waals surface area contributed by atoms with Crippen LogP contribution in [0.25, 0.3) is 0 Å². The van der Waals surface area contributed by atoms with Gasteiger partial charge in [-0.25, -0.2) is 0 Å². The van der Waals surface area contributed by atoms with Gasteiger partial charge < -0.3 is 14.5 Å². The number of hydrogen-bond acceptors (Lipinski definition) is 3. The maximum absolute atomic E-state index is 12.8. The molecule has 1 heterocycles. The van der Waals surface area contributed by atoms with E-state index in [0.717, 1.165) is 48.3 Å². The Labute approximate surface area is 160 Å². The zero-order chi connectivity index (χ0) is 18.4. The fourth-order valence-electron chi connectivity index (χ4n) is 6.00. The van der Waals surface area contributed by atoms with E-state index in [2.05, 4.69) is 5.32 Å². The van der Waals surface area contributed by atoms with Crippen molar-refractivity contribution in [2.75, 3.05) is 0 Å². The van der Waals surface area contributed by atoms with E-state index in [1.165, 1.54) is 19.3 Å². The van der Waals surface area contributed by atoms with E-state index in [1.807, 2.05) is 37.3 Å². The molecule has 6 rings (SSSR count). The van der Waals surface area contributed by atoms with Crippen LogP contribution in [0.15, 0.2) is 40.8 Å². The van der Waals surface area contributed by atoms with Gasteiger partial charge in [-0.1, -0.05) is 12.1 Å². The molecule has 4 heteroatoms. The number of aryl methyl sites for hydroxylation is 1. The Balaban J connectivity index is 1.23. The Kier molecular flexibility index (Phi) is 4.03. The predicted molar refractivity (Wildman–Crippen MR) is 103 cm³/mol. The van der Waals surface area contributed by atoms with Gasteiger partial charge in [0.2, 0.25) is 0 Å². The quantitative estimate of drug-likeness (QED) is 0.823. The minimum atomic E-state index is -0.0706. The molecule has 1 N–H and O–H groups in total. The number of carbonyl (C=O) groups is 1. The second-order valence-electron chi connectivity index (χ2n) is 9.02. The maximum Gasteiger partial charge on any atom is 0.287 e. The normalized spacial score (nSPS) is 31.1. The summed E-state index contributed by atoms with van der Waals surface area (Å²) in [7, 11) is 0. The molecule has 1 aromatic carbocycles. The molecule has 4 fully saturated rings. The number of ether oxygens (including phenoxy) is 1. The Bertz CT molecular complexity index is 818. The summed E-state index contributed by atoms with van der Waals surface area (Å²) in [5.74, 6) is 4.25. The lowest BCUT2D eigenvalue weighted by Gasteiger charge is -2.56. The van der Waals surface area contributed by atoms with Crippen molar-refractivity contribution in [1.29, 1.82) is 0 Å². The van der Waals surface area contributed by atoms with Gasteiger partial charge >= 0.3 is 0 Å². The molecule has 0 aliphatic heterocycles. The van der Waals surface area contributed by atoms with Crippen LogP contribution in [0.3, 0.4) is 0 Å². The molecular formula is C23H27NO3. The maximum atomic E-state index is 12.8. The van der Waals surface area contributed by atoms with Gasteiger partial charge in [0.25, 0.3) is 5.91 Å². The van der Waals surface area contributed by atoms with Crippen LogP contribution in [0.5, 0.6) is 5.75 Å². The van der Waals surface area contributed by atoms with Crippen molar-refractivity contribution < 1.29 is 13.9 Å². The fourth-order valence-corrected chi connectivity index (χ4v) is 6.00. The molecule has 0 radical (unpaired) electrons. The van der Waals surface area contributed by atoms with Crippen LogP contribution in [0.2, 0.25) is 0 Å². The first-order valence-electron chi connectivity index (χ1n) is 10.2. The van der Waals surface area contributed by atoms with Gasteiger partial charge in [0.05, 0.1) is 0 Å². The van der Waals surface area contributed by atoms with Gasteiger partial charge in [-0.05, 0) is 93.0 Å². The molecule has 1 amide bonds. The highest BCUT2D eigenvalue weighted by Gasteiger charge is 2.51. The molecule has 4 aliphatic carbocycles. The first kappa shape index (κ1) is 16.9. The number of carbonyl (C=O) groups excluding carboxylic acids is 1. The Morgan fingerprint density at radius 2 is 1.81 bits per heavy atom. The molecule has 4 nitrogen and oxygen atoms in total. The lowest BCUT2D eigenvalue weighted by atomic mass is 9.53. The number of furan rings is 1. The third-order valence-electron chi connectivity index (χ3n) is 6.67. The largest absolute Gasteiger partial charge is 0.486 e. The van der Waals surface area contributed by atoms with Gasteiger partial charge in [0.15, 0.2) is 5.76 Å². The standard InChI is InChI=1S/C23H27NO3/c1-15-3-2-4-19(7-15)26-14-20-5-6-21(27-20)22(25)24-23-11-16-8-17(12-23)10-18(9-16)13-23/h2-7,16-18H,8-14H2,1H3,(H,24,25). The van der Waals surface area contributed by atoms with Gasteiger partial charge in [-0.3, -0.25) is 4.79 Å². The molecule has 4 aliphatic rings. The highest BCUT2D eigenvalue weighted by atomic mass is 16.5. The molecule has 1 aromatic heterocycles. The molecule has 0 unspecified atom stereocenters. The Morgan fingerprint density at radius 3 is 2.48 bits per heavy atom. The first-order chi connectivity index (χ1) is 13.1. The van der Waals surface area contributed by atoms with Crippen molar-refractivity contribution >= 4 is 5.91 Å². The summed E-state index contributed by atoms with van der Waals surface area (Å²) in [6.45, 7) is 2.36. The van der Waals surface area contributed by atoms with Gasteiger partial charge in [0, 0.05) is 5.54 Å². The average Bonchev–Trinajstić information content (AvgIpc) is 3.08. The summed E-state index contributed by atoms with van der Waals surface area (Å²) in [4.78, 5) is 12.8. The molecular weight excluding hydrogens is 338 g/mol. The summed E-state index contributed by atoms with van der Waals surface area (Å²) in [6.07, 6.45) is 7.56. The van der Waals surface area contributed by atoms with Crippen molar-refractivity contribution in [3.05, 3.63) is 53.5 Å². The van der Waals surface area contributed by atoms with Crippen molar-refractivity contribution in [3.63, 3.8) is 0 Å². The van der Waals surface area contributed by atoms with Crippen LogP contribution < -0.4 is 10.1 Å². The number of rotatable bonds is 5. The molecule has 4 saturated carbocycles. The van der Waals surface area contributed by atoms with Crippen LogP contribution in [0.4, 0.5) is 0 Å². The zero-order valence-electron chi connectivity index (χ0n) is 15.9. The van der Waals surface area contributed by atoms with E-state index in [4.69, 9.17) is 9.15 Å². The summed E-state index contributed by atoms with van der Waals surface area (Å²) in [5, 5.41) is 3.36. The third kappa shape index (κ3) is 3.38.